The highest BCUT2D eigenvalue weighted by Crippen LogP contribution is 2.19. The van der Waals surface area contributed by atoms with Gasteiger partial charge < -0.3 is 19.9 Å². The van der Waals surface area contributed by atoms with E-state index in [0.717, 1.165) is 0 Å². The van der Waals surface area contributed by atoms with E-state index in [2.05, 4.69) is 5.32 Å². The SMILES string of the molecule is CC(C)OC(C)(C)CCOC(C)(C)C(=O)NCCC(=O)O. The molecule has 0 aromatic rings. The van der Waals surface area contributed by atoms with Crippen molar-refractivity contribution in [2.75, 3.05) is 13.2 Å². The zero-order chi connectivity index (χ0) is 16.7. The summed E-state index contributed by atoms with van der Waals surface area (Å²) in [6.45, 7) is 11.7. The average Bonchev–Trinajstić information content (AvgIpc) is 2.25. The first-order valence-corrected chi connectivity index (χ1v) is 7.28. The van der Waals surface area contributed by atoms with Crippen LogP contribution in [-0.4, -0.2) is 47.4 Å². The van der Waals surface area contributed by atoms with Crippen molar-refractivity contribution < 1.29 is 24.2 Å². The Bertz CT molecular complexity index is 350. The summed E-state index contributed by atoms with van der Waals surface area (Å²) >= 11 is 0. The van der Waals surface area contributed by atoms with Crippen LogP contribution in [0.25, 0.3) is 0 Å². The minimum absolute atomic E-state index is 0.100. The Morgan fingerprint density at radius 1 is 1.19 bits per heavy atom. The number of hydrogen-bond donors (Lipinski definition) is 2. The molecule has 0 heterocycles. The second kappa shape index (κ2) is 8.34. The van der Waals surface area contributed by atoms with Gasteiger partial charge in [-0.05, 0) is 48.0 Å². The zero-order valence-electron chi connectivity index (χ0n) is 14.0. The van der Waals surface area contributed by atoms with Crippen LogP contribution in [0.2, 0.25) is 0 Å². The largest absolute Gasteiger partial charge is 0.481 e. The number of rotatable bonds is 10. The molecule has 0 aromatic carbocycles. The van der Waals surface area contributed by atoms with Gasteiger partial charge in [-0.1, -0.05) is 0 Å². The van der Waals surface area contributed by atoms with E-state index < -0.39 is 11.6 Å². The summed E-state index contributed by atoms with van der Waals surface area (Å²) in [5, 5.41) is 11.1. The van der Waals surface area contributed by atoms with Crippen LogP contribution >= 0.6 is 0 Å². The Hall–Kier alpha value is -1.14. The molecule has 0 fully saturated rings. The molecular formula is C15H29NO5. The molecule has 0 unspecified atom stereocenters. The summed E-state index contributed by atoms with van der Waals surface area (Å²) < 4.78 is 11.4. The lowest BCUT2D eigenvalue weighted by Gasteiger charge is -2.30. The van der Waals surface area contributed by atoms with Crippen molar-refractivity contribution in [3.8, 4) is 0 Å². The topological polar surface area (TPSA) is 84.9 Å². The molecule has 124 valence electrons. The summed E-state index contributed by atoms with van der Waals surface area (Å²) in [4.78, 5) is 22.3. The van der Waals surface area contributed by atoms with Gasteiger partial charge in [0.1, 0.15) is 5.60 Å². The van der Waals surface area contributed by atoms with E-state index in [4.69, 9.17) is 14.6 Å². The predicted molar refractivity (Wildman–Crippen MR) is 80.2 cm³/mol. The summed E-state index contributed by atoms with van der Waals surface area (Å²) in [6, 6.07) is 0. The highest BCUT2D eigenvalue weighted by molar-refractivity contribution is 5.84. The minimum Gasteiger partial charge on any atom is -0.481 e. The molecule has 1 amide bonds. The van der Waals surface area contributed by atoms with Crippen LogP contribution < -0.4 is 5.32 Å². The van der Waals surface area contributed by atoms with Crippen LogP contribution in [0.5, 0.6) is 0 Å². The van der Waals surface area contributed by atoms with Crippen LogP contribution in [0.15, 0.2) is 0 Å². The maximum atomic E-state index is 11.9. The van der Waals surface area contributed by atoms with Crippen LogP contribution in [0, 0.1) is 0 Å². The van der Waals surface area contributed by atoms with E-state index >= 15 is 0 Å². The molecule has 0 atom stereocenters. The van der Waals surface area contributed by atoms with Crippen molar-refractivity contribution in [1.29, 1.82) is 0 Å². The molecule has 0 aliphatic carbocycles. The van der Waals surface area contributed by atoms with Gasteiger partial charge in [0.05, 0.1) is 24.7 Å². The zero-order valence-corrected chi connectivity index (χ0v) is 14.0. The molecule has 0 aromatic heterocycles. The maximum Gasteiger partial charge on any atom is 0.305 e. The molecule has 0 aliphatic rings. The van der Waals surface area contributed by atoms with Gasteiger partial charge in [0.2, 0.25) is 0 Å². The summed E-state index contributed by atoms with van der Waals surface area (Å²) in [5.74, 6) is -1.26. The van der Waals surface area contributed by atoms with Gasteiger partial charge in [-0.15, -0.1) is 0 Å². The number of carbonyl (C=O) groups is 2. The number of hydrogen-bond acceptors (Lipinski definition) is 4. The average molecular weight is 303 g/mol. The van der Waals surface area contributed by atoms with Gasteiger partial charge in [0, 0.05) is 6.54 Å². The third-order valence-electron chi connectivity index (χ3n) is 2.89. The third-order valence-corrected chi connectivity index (χ3v) is 2.89. The maximum absolute atomic E-state index is 11.9. The van der Waals surface area contributed by atoms with Gasteiger partial charge in [-0.3, -0.25) is 9.59 Å². The fourth-order valence-electron chi connectivity index (χ4n) is 1.81. The molecule has 6 nitrogen and oxygen atoms in total. The smallest absolute Gasteiger partial charge is 0.305 e. The van der Waals surface area contributed by atoms with E-state index in [1.165, 1.54) is 0 Å². The Labute approximate surface area is 127 Å². The highest BCUT2D eigenvalue weighted by atomic mass is 16.5. The number of carbonyl (C=O) groups excluding carboxylic acids is 1. The molecule has 0 bridgehead atoms. The van der Waals surface area contributed by atoms with Crippen molar-refractivity contribution in [3.63, 3.8) is 0 Å². The van der Waals surface area contributed by atoms with Crippen molar-refractivity contribution in [1.82, 2.24) is 5.32 Å². The summed E-state index contributed by atoms with van der Waals surface area (Å²) in [5.41, 5.74) is -1.31. The second-order valence-electron chi connectivity index (χ2n) is 6.43. The summed E-state index contributed by atoms with van der Waals surface area (Å²) in [7, 11) is 0. The lowest BCUT2D eigenvalue weighted by Crippen LogP contribution is -2.45. The number of carboxylic acid groups (broad SMARTS) is 1. The van der Waals surface area contributed by atoms with Crippen LogP contribution in [-0.2, 0) is 19.1 Å². The Kier molecular flexibility index (Phi) is 7.89. The van der Waals surface area contributed by atoms with Gasteiger partial charge >= 0.3 is 5.97 Å². The van der Waals surface area contributed by atoms with Crippen molar-refractivity contribution in [3.05, 3.63) is 0 Å². The second-order valence-corrected chi connectivity index (χ2v) is 6.43. The van der Waals surface area contributed by atoms with E-state index in [1.54, 1.807) is 13.8 Å². The quantitative estimate of drug-likeness (QED) is 0.644. The first-order valence-electron chi connectivity index (χ1n) is 7.28. The fraction of sp³-hybridized carbons (Fsp3) is 0.867. The lowest BCUT2D eigenvalue weighted by molar-refractivity contribution is -0.146. The minimum atomic E-state index is -0.994. The first-order chi connectivity index (χ1) is 9.46. The monoisotopic (exact) mass is 303 g/mol. The van der Waals surface area contributed by atoms with E-state index in [1.807, 2.05) is 27.7 Å². The summed E-state index contributed by atoms with van der Waals surface area (Å²) in [6.07, 6.45) is 0.695. The molecule has 0 radical (unpaired) electrons. The number of ether oxygens (including phenoxy) is 2. The molecule has 0 spiro atoms. The van der Waals surface area contributed by atoms with Crippen molar-refractivity contribution in [2.45, 2.75) is 71.7 Å². The third kappa shape index (κ3) is 9.42. The molecule has 6 heteroatoms. The lowest BCUT2D eigenvalue weighted by atomic mass is 10.0. The molecule has 21 heavy (non-hydrogen) atoms. The molecule has 0 saturated carbocycles. The van der Waals surface area contributed by atoms with Crippen molar-refractivity contribution in [2.24, 2.45) is 0 Å². The number of amides is 1. The Morgan fingerprint density at radius 3 is 2.24 bits per heavy atom. The Morgan fingerprint density at radius 2 is 1.76 bits per heavy atom. The van der Waals surface area contributed by atoms with E-state index in [9.17, 15) is 9.59 Å². The van der Waals surface area contributed by atoms with Crippen molar-refractivity contribution >= 4 is 11.9 Å². The number of nitrogens with one attached hydrogen (secondary N) is 1. The standard InChI is InChI=1S/C15H29NO5/c1-11(2)21-14(3,4)8-10-20-15(5,6)13(19)16-9-7-12(17)18/h11H,7-10H2,1-6H3,(H,16,19)(H,17,18). The van der Waals surface area contributed by atoms with Crippen LogP contribution in [0.1, 0.15) is 54.4 Å². The van der Waals surface area contributed by atoms with Gasteiger partial charge in [0.15, 0.2) is 0 Å². The molecule has 0 aliphatic heterocycles. The molecule has 0 saturated heterocycles. The Balaban J connectivity index is 4.17. The van der Waals surface area contributed by atoms with E-state index in [-0.39, 0.29) is 30.6 Å². The van der Waals surface area contributed by atoms with E-state index in [0.29, 0.717) is 13.0 Å². The van der Waals surface area contributed by atoms with Crippen LogP contribution in [0.3, 0.4) is 0 Å². The van der Waals surface area contributed by atoms with Gasteiger partial charge in [-0.25, -0.2) is 0 Å². The van der Waals surface area contributed by atoms with Gasteiger partial charge in [-0.2, -0.15) is 0 Å². The molecule has 0 rings (SSSR count). The predicted octanol–water partition coefficient (Wildman–Crippen LogP) is 1.97. The normalized spacial score (nSPS) is 12.5. The van der Waals surface area contributed by atoms with Gasteiger partial charge in [0.25, 0.3) is 5.91 Å². The fourth-order valence-corrected chi connectivity index (χ4v) is 1.81. The first kappa shape index (κ1) is 19.9. The molecule has 2 N–H and O–H groups in total. The molecular weight excluding hydrogens is 274 g/mol. The highest BCUT2D eigenvalue weighted by Gasteiger charge is 2.29. The number of aliphatic carboxylic acids is 1. The van der Waals surface area contributed by atoms with Crippen LogP contribution in [0.4, 0.5) is 0 Å². The number of carboxylic acids is 1.